The molecular formula is C18H15ClN4O3. The number of benzene rings is 2. The van der Waals surface area contributed by atoms with Crippen molar-refractivity contribution >= 4 is 29.0 Å². The molecule has 26 heavy (non-hydrogen) atoms. The highest BCUT2D eigenvalue weighted by atomic mass is 35.5. The number of rotatable bonds is 4. The number of nitrogens with zero attached hydrogens (tertiary/aromatic N) is 3. The van der Waals surface area contributed by atoms with Crippen LogP contribution in [0.25, 0.3) is 5.69 Å². The lowest BCUT2D eigenvalue weighted by Gasteiger charge is -2.10. The van der Waals surface area contributed by atoms with Gasteiger partial charge >= 0.3 is 0 Å². The van der Waals surface area contributed by atoms with Gasteiger partial charge in [0.15, 0.2) is 0 Å². The summed E-state index contributed by atoms with van der Waals surface area (Å²) in [5, 5.41) is 18.8. The van der Waals surface area contributed by atoms with Crippen LogP contribution in [0.4, 0.5) is 11.5 Å². The maximum Gasteiger partial charge on any atom is 0.273 e. The van der Waals surface area contributed by atoms with E-state index < -0.39 is 10.8 Å². The van der Waals surface area contributed by atoms with E-state index in [0.717, 1.165) is 0 Å². The quantitative estimate of drug-likeness (QED) is 0.547. The molecule has 3 rings (SSSR count). The summed E-state index contributed by atoms with van der Waals surface area (Å²) >= 11 is 6.03. The maximum absolute atomic E-state index is 12.7. The topological polar surface area (TPSA) is 90.1 Å². The summed E-state index contributed by atoms with van der Waals surface area (Å²) in [4.78, 5) is 23.2. The molecule has 0 aliphatic rings. The number of amides is 1. The summed E-state index contributed by atoms with van der Waals surface area (Å²) in [6, 6.07) is 13.2. The minimum atomic E-state index is -0.507. The van der Waals surface area contributed by atoms with Crippen LogP contribution in [0, 0.1) is 24.0 Å². The Labute approximate surface area is 154 Å². The highest BCUT2D eigenvalue weighted by Gasteiger charge is 2.19. The zero-order valence-electron chi connectivity index (χ0n) is 14.1. The van der Waals surface area contributed by atoms with Crippen molar-refractivity contribution in [1.29, 1.82) is 0 Å². The molecule has 0 radical (unpaired) electrons. The Balaban J connectivity index is 1.97. The zero-order chi connectivity index (χ0) is 18.8. The lowest BCUT2D eigenvalue weighted by molar-refractivity contribution is -0.385. The first-order chi connectivity index (χ1) is 12.4. The Bertz CT molecular complexity index is 1010. The normalized spacial score (nSPS) is 10.6. The smallest absolute Gasteiger partial charge is 0.273 e. The van der Waals surface area contributed by atoms with Gasteiger partial charge in [0.1, 0.15) is 5.82 Å². The van der Waals surface area contributed by atoms with Gasteiger partial charge in [-0.2, -0.15) is 5.10 Å². The number of carbonyl (C=O) groups excluding carboxylic acids is 1. The van der Waals surface area contributed by atoms with Crippen LogP contribution < -0.4 is 5.32 Å². The second-order valence-electron chi connectivity index (χ2n) is 5.72. The maximum atomic E-state index is 12.7. The Morgan fingerprint density at radius 3 is 2.62 bits per heavy atom. The van der Waals surface area contributed by atoms with Crippen LogP contribution in [0.3, 0.4) is 0 Å². The van der Waals surface area contributed by atoms with Gasteiger partial charge in [-0.15, -0.1) is 0 Å². The van der Waals surface area contributed by atoms with E-state index in [4.69, 9.17) is 11.6 Å². The fraction of sp³-hybridized carbons (Fsp3) is 0.111. The number of anilines is 1. The molecule has 0 atom stereocenters. The van der Waals surface area contributed by atoms with E-state index in [1.165, 1.54) is 12.1 Å². The van der Waals surface area contributed by atoms with Crippen molar-refractivity contribution in [3.8, 4) is 5.69 Å². The van der Waals surface area contributed by atoms with Crippen molar-refractivity contribution in [3.63, 3.8) is 0 Å². The predicted octanol–water partition coefficient (Wildman–Crippen LogP) is 4.30. The molecule has 2 aromatic carbocycles. The molecule has 1 aromatic heterocycles. The van der Waals surface area contributed by atoms with E-state index in [0.29, 0.717) is 27.8 Å². The van der Waals surface area contributed by atoms with Crippen molar-refractivity contribution in [2.75, 3.05) is 5.32 Å². The molecule has 1 amide bonds. The van der Waals surface area contributed by atoms with Crippen molar-refractivity contribution in [1.82, 2.24) is 9.78 Å². The molecule has 0 saturated heterocycles. The standard InChI is InChI=1S/C18H15ClN4O3/c1-11-9-17(22(21-11)14-6-3-5-13(19)10-14)20-18(24)15-7-4-8-16(12(15)2)23(25)26/h3-10H,1-2H3,(H,20,24). The lowest BCUT2D eigenvalue weighted by Crippen LogP contribution is -2.16. The summed E-state index contributed by atoms with van der Waals surface area (Å²) < 4.78 is 1.56. The van der Waals surface area contributed by atoms with Gasteiger partial charge in [0.2, 0.25) is 0 Å². The van der Waals surface area contributed by atoms with Gasteiger partial charge in [0.25, 0.3) is 11.6 Å². The number of nitrogens with one attached hydrogen (secondary N) is 1. The average molecular weight is 371 g/mol. The number of carbonyl (C=O) groups is 1. The summed E-state index contributed by atoms with van der Waals surface area (Å²) in [6.45, 7) is 3.35. The molecule has 0 spiro atoms. The third kappa shape index (κ3) is 3.43. The number of aryl methyl sites for hydroxylation is 1. The SMILES string of the molecule is Cc1cc(NC(=O)c2cccc([N+](=O)[O-])c2C)n(-c2cccc(Cl)c2)n1. The van der Waals surface area contributed by atoms with Gasteiger partial charge < -0.3 is 5.32 Å². The Kier molecular flexibility index (Phi) is 4.73. The molecular weight excluding hydrogens is 356 g/mol. The van der Waals surface area contributed by atoms with E-state index in [1.807, 2.05) is 6.07 Å². The van der Waals surface area contributed by atoms with E-state index >= 15 is 0 Å². The highest BCUT2D eigenvalue weighted by molar-refractivity contribution is 6.30. The first kappa shape index (κ1) is 17.6. The monoisotopic (exact) mass is 370 g/mol. The molecule has 0 aliphatic heterocycles. The van der Waals surface area contributed by atoms with Crippen molar-refractivity contribution < 1.29 is 9.72 Å². The minimum absolute atomic E-state index is 0.0998. The van der Waals surface area contributed by atoms with Gasteiger partial charge in [-0.05, 0) is 38.1 Å². The summed E-state index contributed by atoms with van der Waals surface area (Å²) in [5.74, 6) is -0.00458. The molecule has 1 N–H and O–H groups in total. The number of aromatic nitrogens is 2. The van der Waals surface area contributed by atoms with Gasteiger partial charge in [-0.3, -0.25) is 14.9 Å². The molecule has 0 aliphatic carbocycles. The van der Waals surface area contributed by atoms with Gasteiger partial charge in [-0.25, -0.2) is 4.68 Å². The third-order valence-corrected chi connectivity index (χ3v) is 4.11. The summed E-state index contributed by atoms with van der Waals surface area (Å²) in [7, 11) is 0. The molecule has 7 nitrogen and oxygen atoms in total. The average Bonchev–Trinajstić information content (AvgIpc) is 2.95. The summed E-state index contributed by atoms with van der Waals surface area (Å²) in [6.07, 6.45) is 0. The van der Waals surface area contributed by atoms with Crippen LogP contribution in [0.1, 0.15) is 21.6 Å². The van der Waals surface area contributed by atoms with Crippen molar-refractivity contribution in [3.05, 3.63) is 80.5 Å². The van der Waals surface area contributed by atoms with E-state index in [-0.39, 0.29) is 11.3 Å². The van der Waals surface area contributed by atoms with Crippen LogP contribution in [0.2, 0.25) is 5.02 Å². The molecule has 132 valence electrons. The van der Waals surface area contributed by atoms with Crippen molar-refractivity contribution in [2.24, 2.45) is 0 Å². The van der Waals surface area contributed by atoms with E-state index in [9.17, 15) is 14.9 Å². The molecule has 0 unspecified atom stereocenters. The van der Waals surface area contributed by atoms with E-state index in [2.05, 4.69) is 10.4 Å². The summed E-state index contributed by atoms with van der Waals surface area (Å²) in [5.41, 5.74) is 1.83. The highest BCUT2D eigenvalue weighted by Crippen LogP contribution is 2.24. The zero-order valence-corrected chi connectivity index (χ0v) is 14.8. The van der Waals surface area contributed by atoms with Gasteiger partial charge in [0, 0.05) is 28.3 Å². The number of hydrogen-bond acceptors (Lipinski definition) is 4. The Hall–Kier alpha value is -3.19. The van der Waals surface area contributed by atoms with Crippen LogP contribution in [-0.2, 0) is 0 Å². The predicted molar refractivity (Wildman–Crippen MR) is 99.1 cm³/mol. The lowest BCUT2D eigenvalue weighted by atomic mass is 10.1. The van der Waals surface area contributed by atoms with E-state index in [1.54, 1.807) is 48.9 Å². The molecule has 0 fully saturated rings. The van der Waals surface area contributed by atoms with Gasteiger partial charge in [-0.1, -0.05) is 23.7 Å². The first-order valence-electron chi connectivity index (χ1n) is 7.75. The minimum Gasteiger partial charge on any atom is -0.306 e. The van der Waals surface area contributed by atoms with Crippen LogP contribution in [0.15, 0.2) is 48.5 Å². The molecule has 1 heterocycles. The molecule has 0 bridgehead atoms. The largest absolute Gasteiger partial charge is 0.306 e. The fourth-order valence-corrected chi connectivity index (χ4v) is 2.83. The second kappa shape index (κ2) is 6.97. The molecule has 0 saturated carbocycles. The number of hydrogen-bond donors (Lipinski definition) is 1. The van der Waals surface area contributed by atoms with Crippen LogP contribution >= 0.6 is 11.6 Å². The van der Waals surface area contributed by atoms with Crippen LogP contribution in [-0.4, -0.2) is 20.6 Å². The van der Waals surface area contributed by atoms with Crippen LogP contribution in [0.5, 0.6) is 0 Å². The van der Waals surface area contributed by atoms with Gasteiger partial charge in [0.05, 0.1) is 16.3 Å². The fourth-order valence-electron chi connectivity index (χ4n) is 2.64. The Morgan fingerprint density at radius 2 is 1.92 bits per heavy atom. The number of nitro groups is 1. The molecule has 3 aromatic rings. The molecule has 8 heteroatoms. The van der Waals surface area contributed by atoms with Crippen molar-refractivity contribution in [2.45, 2.75) is 13.8 Å². The first-order valence-corrected chi connectivity index (χ1v) is 8.12. The second-order valence-corrected chi connectivity index (χ2v) is 6.16. The third-order valence-electron chi connectivity index (χ3n) is 3.87. The number of halogens is 1. The number of nitro benzene ring substituents is 1. The Morgan fingerprint density at radius 1 is 1.19 bits per heavy atom.